The molecular formula is C25H24N2O5. The zero-order valence-electron chi connectivity index (χ0n) is 18.1. The molecule has 2 amide bonds. The zero-order chi connectivity index (χ0) is 23.3. The van der Waals surface area contributed by atoms with Gasteiger partial charge in [-0.05, 0) is 73.5 Å². The summed E-state index contributed by atoms with van der Waals surface area (Å²) in [7, 11) is 1.49. The lowest BCUT2D eigenvalue weighted by molar-refractivity contribution is -0.114. The van der Waals surface area contributed by atoms with Gasteiger partial charge in [-0.3, -0.25) is 14.5 Å². The predicted octanol–water partition coefficient (Wildman–Crippen LogP) is 4.30. The van der Waals surface area contributed by atoms with Crippen molar-refractivity contribution in [1.82, 2.24) is 0 Å². The lowest BCUT2D eigenvalue weighted by Gasteiger charge is -2.24. The maximum atomic E-state index is 13.4. The summed E-state index contributed by atoms with van der Waals surface area (Å²) in [6.45, 7) is 3.67. The minimum absolute atomic E-state index is 0.117. The van der Waals surface area contributed by atoms with Crippen LogP contribution in [-0.4, -0.2) is 36.5 Å². The number of benzene rings is 3. The molecule has 0 radical (unpaired) electrons. The van der Waals surface area contributed by atoms with Crippen LogP contribution in [0.15, 0.2) is 66.7 Å². The molecule has 7 nitrogen and oxygen atoms in total. The van der Waals surface area contributed by atoms with E-state index in [9.17, 15) is 14.4 Å². The molecule has 0 bridgehead atoms. The Morgan fingerprint density at radius 3 is 2.25 bits per heavy atom. The van der Waals surface area contributed by atoms with E-state index in [0.717, 1.165) is 11.1 Å². The number of aromatic carboxylic acids is 1. The van der Waals surface area contributed by atoms with Crippen molar-refractivity contribution in [2.24, 2.45) is 0 Å². The molecular weight excluding hydrogens is 408 g/mol. The molecule has 0 heterocycles. The summed E-state index contributed by atoms with van der Waals surface area (Å²) in [6, 6.07) is 18.2. The van der Waals surface area contributed by atoms with Crippen molar-refractivity contribution in [2.75, 3.05) is 23.9 Å². The predicted molar refractivity (Wildman–Crippen MR) is 123 cm³/mol. The fraction of sp³-hybridized carbons (Fsp3) is 0.160. The van der Waals surface area contributed by atoms with Crippen molar-refractivity contribution in [1.29, 1.82) is 0 Å². The number of ether oxygens (including phenoxy) is 1. The Kier molecular flexibility index (Phi) is 6.90. The standard InChI is InChI=1S/C25H24N2O5/c1-16-8-13-20(14-17(16)2)27(24(29)21-6-4-5-7-22(21)32-3)15-23(28)26-19-11-9-18(10-12-19)25(30)31/h4-14H,15H2,1-3H3,(H,26,28)(H,30,31). The van der Waals surface area contributed by atoms with Crippen molar-refractivity contribution < 1.29 is 24.2 Å². The van der Waals surface area contributed by atoms with Gasteiger partial charge in [-0.2, -0.15) is 0 Å². The first-order valence-corrected chi connectivity index (χ1v) is 9.95. The number of aryl methyl sites for hydroxylation is 2. The molecule has 32 heavy (non-hydrogen) atoms. The molecule has 3 aromatic rings. The highest BCUT2D eigenvalue weighted by Crippen LogP contribution is 2.25. The first-order chi connectivity index (χ1) is 15.3. The van der Waals surface area contributed by atoms with E-state index in [1.165, 1.54) is 36.3 Å². The van der Waals surface area contributed by atoms with E-state index >= 15 is 0 Å². The number of methoxy groups -OCH3 is 1. The first-order valence-electron chi connectivity index (χ1n) is 9.95. The summed E-state index contributed by atoms with van der Waals surface area (Å²) in [4.78, 5) is 38.6. The van der Waals surface area contributed by atoms with E-state index in [0.29, 0.717) is 22.7 Å². The molecule has 0 spiro atoms. The van der Waals surface area contributed by atoms with Gasteiger partial charge in [-0.25, -0.2) is 4.79 Å². The third kappa shape index (κ3) is 5.13. The average Bonchev–Trinajstić information content (AvgIpc) is 2.79. The first kappa shape index (κ1) is 22.6. The Labute approximate surface area is 186 Å². The molecule has 0 aromatic heterocycles. The van der Waals surface area contributed by atoms with Gasteiger partial charge in [0.25, 0.3) is 5.91 Å². The maximum absolute atomic E-state index is 13.4. The smallest absolute Gasteiger partial charge is 0.335 e. The van der Waals surface area contributed by atoms with Gasteiger partial charge in [0.05, 0.1) is 18.2 Å². The third-order valence-electron chi connectivity index (χ3n) is 5.10. The Bertz CT molecular complexity index is 1160. The number of rotatable bonds is 7. The number of carbonyl (C=O) groups is 3. The van der Waals surface area contributed by atoms with Crippen LogP contribution in [0.25, 0.3) is 0 Å². The molecule has 3 rings (SSSR count). The number of nitrogens with one attached hydrogen (secondary N) is 1. The van der Waals surface area contributed by atoms with Crippen molar-refractivity contribution >= 4 is 29.2 Å². The average molecular weight is 432 g/mol. The molecule has 0 aliphatic heterocycles. The van der Waals surface area contributed by atoms with Gasteiger partial charge in [-0.1, -0.05) is 18.2 Å². The Morgan fingerprint density at radius 1 is 0.938 bits per heavy atom. The summed E-state index contributed by atoms with van der Waals surface area (Å²) >= 11 is 0. The van der Waals surface area contributed by atoms with Crippen LogP contribution < -0.4 is 15.0 Å². The lowest BCUT2D eigenvalue weighted by Crippen LogP contribution is -2.38. The van der Waals surface area contributed by atoms with E-state index < -0.39 is 11.9 Å². The Hall–Kier alpha value is -4.13. The number of hydrogen-bond donors (Lipinski definition) is 2. The number of para-hydroxylation sites is 1. The lowest BCUT2D eigenvalue weighted by atomic mass is 10.1. The zero-order valence-corrected chi connectivity index (χ0v) is 18.1. The number of nitrogens with zero attached hydrogens (tertiary/aromatic N) is 1. The van der Waals surface area contributed by atoms with E-state index in [1.54, 1.807) is 30.3 Å². The van der Waals surface area contributed by atoms with Gasteiger partial charge in [0.1, 0.15) is 12.3 Å². The number of carbonyl (C=O) groups excluding carboxylic acids is 2. The van der Waals surface area contributed by atoms with Gasteiger partial charge in [0, 0.05) is 11.4 Å². The molecule has 164 valence electrons. The molecule has 0 saturated carbocycles. The molecule has 2 N–H and O–H groups in total. The summed E-state index contributed by atoms with van der Waals surface area (Å²) in [5.41, 5.74) is 3.54. The quantitative estimate of drug-likeness (QED) is 0.580. The van der Waals surface area contributed by atoms with E-state index in [4.69, 9.17) is 9.84 Å². The van der Waals surface area contributed by atoms with Crippen LogP contribution in [0.2, 0.25) is 0 Å². The van der Waals surface area contributed by atoms with E-state index in [2.05, 4.69) is 5.32 Å². The summed E-state index contributed by atoms with van der Waals surface area (Å²) in [5.74, 6) is -1.43. The number of carboxylic acid groups (broad SMARTS) is 1. The number of hydrogen-bond acceptors (Lipinski definition) is 4. The fourth-order valence-corrected chi connectivity index (χ4v) is 3.18. The van der Waals surface area contributed by atoms with Gasteiger partial charge in [0.2, 0.25) is 5.91 Å². The van der Waals surface area contributed by atoms with Crippen LogP contribution >= 0.6 is 0 Å². The minimum Gasteiger partial charge on any atom is -0.496 e. The Morgan fingerprint density at radius 2 is 1.62 bits per heavy atom. The Balaban J connectivity index is 1.89. The van der Waals surface area contributed by atoms with Crippen molar-refractivity contribution in [2.45, 2.75) is 13.8 Å². The van der Waals surface area contributed by atoms with Crippen LogP contribution in [0.4, 0.5) is 11.4 Å². The topological polar surface area (TPSA) is 95.9 Å². The SMILES string of the molecule is COc1ccccc1C(=O)N(CC(=O)Nc1ccc(C(=O)O)cc1)c1ccc(C)c(C)c1. The molecule has 0 saturated heterocycles. The molecule has 0 atom stereocenters. The van der Waals surface area contributed by atoms with E-state index in [-0.39, 0.29) is 18.0 Å². The van der Waals surface area contributed by atoms with Gasteiger partial charge in [0.15, 0.2) is 0 Å². The van der Waals surface area contributed by atoms with Crippen LogP contribution in [0.5, 0.6) is 5.75 Å². The number of carboxylic acids is 1. The van der Waals surface area contributed by atoms with E-state index in [1.807, 2.05) is 26.0 Å². The summed E-state index contributed by atoms with van der Waals surface area (Å²) < 4.78 is 5.33. The highest BCUT2D eigenvalue weighted by Gasteiger charge is 2.24. The second kappa shape index (κ2) is 9.78. The van der Waals surface area contributed by atoms with Gasteiger partial charge >= 0.3 is 5.97 Å². The largest absolute Gasteiger partial charge is 0.496 e. The fourth-order valence-electron chi connectivity index (χ4n) is 3.18. The van der Waals surface area contributed by atoms with Crippen molar-refractivity contribution in [3.05, 3.63) is 89.0 Å². The van der Waals surface area contributed by atoms with Crippen molar-refractivity contribution in [3.63, 3.8) is 0 Å². The minimum atomic E-state index is -1.05. The second-order valence-electron chi connectivity index (χ2n) is 7.29. The van der Waals surface area contributed by atoms with Crippen LogP contribution in [0.1, 0.15) is 31.8 Å². The maximum Gasteiger partial charge on any atom is 0.335 e. The van der Waals surface area contributed by atoms with Gasteiger partial charge < -0.3 is 15.2 Å². The van der Waals surface area contributed by atoms with Crippen LogP contribution in [0, 0.1) is 13.8 Å². The van der Waals surface area contributed by atoms with Gasteiger partial charge in [-0.15, -0.1) is 0 Å². The molecule has 3 aromatic carbocycles. The molecule has 7 heteroatoms. The number of amides is 2. The molecule has 0 unspecified atom stereocenters. The molecule has 0 fully saturated rings. The van der Waals surface area contributed by atoms with Crippen LogP contribution in [0.3, 0.4) is 0 Å². The molecule has 0 aliphatic rings. The van der Waals surface area contributed by atoms with Crippen molar-refractivity contribution in [3.8, 4) is 5.75 Å². The second-order valence-corrected chi connectivity index (χ2v) is 7.29. The third-order valence-corrected chi connectivity index (χ3v) is 5.10. The highest BCUT2D eigenvalue weighted by atomic mass is 16.5. The normalized spacial score (nSPS) is 10.3. The summed E-state index contributed by atoms with van der Waals surface area (Å²) in [6.07, 6.45) is 0. The number of anilines is 2. The highest BCUT2D eigenvalue weighted by molar-refractivity contribution is 6.11. The monoisotopic (exact) mass is 432 g/mol. The summed E-state index contributed by atoms with van der Waals surface area (Å²) in [5, 5.41) is 11.7. The van der Waals surface area contributed by atoms with Crippen LogP contribution in [-0.2, 0) is 4.79 Å². The molecule has 0 aliphatic carbocycles.